The third kappa shape index (κ3) is 11.0. The zero-order valence-corrected chi connectivity index (χ0v) is 28.1. The number of carbonyl (C=O) groups is 3. The molecule has 2 aliphatic heterocycles. The summed E-state index contributed by atoms with van der Waals surface area (Å²) >= 11 is 0. The number of urea groups is 1. The molecule has 0 aromatic carbocycles. The Morgan fingerprint density at radius 3 is 2.04 bits per heavy atom. The van der Waals surface area contributed by atoms with E-state index in [1.54, 1.807) is 0 Å². The van der Waals surface area contributed by atoms with Gasteiger partial charge in [-0.2, -0.15) is 0 Å². The second-order valence-corrected chi connectivity index (χ2v) is 13.0. The second kappa shape index (κ2) is 19.6. The monoisotopic (exact) mass is 740 g/mol. The van der Waals surface area contributed by atoms with Crippen molar-refractivity contribution < 1.29 is 64.0 Å². The number of hydrogen-bond donors (Lipinski definition) is 16. The smallest absolute Gasteiger partial charge is 0.312 e. The highest BCUT2D eigenvalue weighted by atomic mass is 16.7. The average molecular weight is 741 g/mol. The first kappa shape index (κ1) is 43.0. The van der Waals surface area contributed by atoms with Gasteiger partial charge in [-0.25, -0.2) is 4.79 Å². The Kier molecular flexibility index (Phi) is 16.5. The summed E-state index contributed by atoms with van der Waals surface area (Å²) in [5.74, 6) is -1.43. The maximum atomic E-state index is 12.8. The minimum Gasteiger partial charge on any atom is -0.389 e. The van der Waals surface area contributed by atoms with Crippen LogP contribution in [0.15, 0.2) is 0 Å². The molecule has 1 aliphatic carbocycles. The quantitative estimate of drug-likeness (QED) is 0.0653. The van der Waals surface area contributed by atoms with E-state index in [4.69, 9.17) is 59.1 Å². The second-order valence-electron chi connectivity index (χ2n) is 13.0. The van der Waals surface area contributed by atoms with E-state index < -0.39 is 122 Å². The van der Waals surface area contributed by atoms with Crippen molar-refractivity contribution >= 4 is 17.8 Å². The van der Waals surface area contributed by atoms with E-state index in [0.29, 0.717) is 6.42 Å². The molecule has 3 fully saturated rings. The summed E-state index contributed by atoms with van der Waals surface area (Å²) in [7, 11) is 0. The maximum Gasteiger partial charge on any atom is 0.312 e. The van der Waals surface area contributed by atoms with Gasteiger partial charge in [0.1, 0.15) is 42.7 Å². The van der Waals surface area contributed by atoms with Gasteiger partial charge in [0.15, 0.2) is 12.6 Å². The Morgan fingerprint density at radius 1 is 0.784 bits per heavy atom. The predicted molar refractivity (Wildman–Crippen MR) is 174 cm³/mol. The van der Waals surface area contributed by atoms with Crippen molar-refractivity contribution in [2.24, 2.45) is 40.1 Å². The number of hydrogen-bond acceptors (Lipinski definition) is 19. The molecule has 0 unspecified atom stereocenters. The van der Waals surface area contributed by atoms with E-state index >= 15 is 0 Å². The third-order valence-electron chi connectivity index (χ3n) is 9.22. The molecule has 3 aliphatic rings. The molecule has 51 heavy (non-hydrogen) atoms. The molecular formula is C28H56N10O13. The van der Waals surface area contributed by atoms with E-state index in [0.717, 1.165) is 0 Å². The van der Waals surface area contributed by atoms with Gasteiger partial charge in [0.25, 0.3) is 0 Å². The molecule has 0 bridgehead atoms. The lowest BCUT2D eigenvalue weighted by molar-refractivity contribution is -0.320. The first-order chi connectivity index (χ1) is 24.0. The van der Waals surface area contributed by atoms with Gasteiger partial charge in [0, 0.05) is 25.7 Å². The van der Waals surface area contributed by atoms with Gasteiger partial charge >= 0.3 is 6.03 Å². The molecule has 1 saturated carbocycles. The lowest BCUT2D eigenvalue weighted by Gasteiger charge is -2.49. The minimum atomic E-state index is -1.75. The molecule has 2 heterocycles. The summed E-state index contributed by atoms with van der Waals surface area (Å²) in [6.45, 7) is -0.351. The molecule has 0 aromatic rings. The number of amides is 4. The summed E-state index contributed by atoms with van der Waals surface area (Å²) in [5, 5.41) is 70.7. The fraction of sp³-hybridized carbons (Fsp3) is 0.893. The lowest BCUT2D eigenvalue weighted by Crippen LogP contribution is -2.71. The fourth-order valence-electron chi connectivity index (χ4n) is 6.16. The zero-order chi connectivity index (χ0) is 38.2. The van der Waals surface area contributed by atoms with Gasteiger partial charge in [-0.15, -0.1) is 0 Å². The molecule has 23 heteroatoms. The average Bonchev–Trinajstić information content (AvgIpc) is 3.09. The number of ether oxygens (including phenoxy) is 4. The van der Waals surface area contributed by atoms with E-state index in [1.165, 1.54) is 0 Å². The number of nitrogens with one attached hydrogen (secondary N) is 3. The van der Waals surface area contributed by atoms with Crippen molar-refractivity contribution in [3.05, 3.63) is 0 Å². The van der Waals surface area contributed by atoms with Crippen LogP contribution in [-0.2, 0) is 28.5 Å². The van der Waals surface area contributed by atoms with Gasteiger partial charge in [0.05, 0.1) is 42.5 Å². The number of carbonyl (C=O) groups excluding carboxylic acids is 3. The molecule has 17 atom stereocenters. The number of aliphatic hydroxyl groups is 6. The van der Waals surface area contributed by atoms with Gasteiger partial charge in [-0.3, -0.25) is 9.59 Å². The molecule has 296 valence electrons. The summed E-state index contributed by atoms with van der Waals surface area (Å²) in [6, 6.07) is -6.38. The minimum absolute atomic E-state index is 0.000165. The largest absolute Gasteiger partial charge is 0.389 e. The highest BCUT2D eigenvalue weighted by molar-refractivity contribution is 5.81. The van der Waals surface area contributed by atoms with E-state index in [2.05, 4.69) is 16.0 Å². The van der Waals surface area contributed by atoms with Crippen molar-refractivity contribution in [2.75, 3.05) is 26.2 Å². The molecule has 2 saturated heterocycles. The molecule has 3 rings (SSSR count). The Morgan fingerprint density at radius 2 is 1.41 bits per heavy atom. The van der Waals surface area contributed by atoms with Crippen molar-refractivity contribution in [1.29, 1.82) is 0 Å². The number of aliphatic hydroxyl groups excluding tert-OH is 6. The van der Waals surface area contributed by atoms with Crippen molar-refractivity contribution in [3.8, 4) is 0 Å². The van der Waals surface area contributed by atoms with Crippen LogP contribution >= 0.6 is 0 Å². The highest BCUT2D eigenvalue weighted by Gasteiger charge is 2.52. The van der Waals surface area contributed by atoms with Crippen LogP contribution in [0.5, 0.6) is 0 Å². The fourth-order valence-corrected chi connectivity index (χ4v) is 6.16. The highest BCUT2D eigenvalue weighted by Crippen LogP contribution is 2.31. The van der Waals surface area contributed by atoms with Crippen molar-refractivity contribution in [1.82, 2.24) is 16.0 Å². The molecule has 4 amide bonds. The van der Waals surface area contributed by atoms with Crippen LogP contribution in [-0.4, -0.2) is 178 Å². The van der Waals surface area contributed by atoms with Crippen LogP contribution in [0.4, 0.5) is 4.79 Å². The predicted octanol–water partition coefficient (Wildman–Crippen LogP) is -9.56. The number of primary amides is 1. The van der Waals surface area contributed by atoms with Crippen LogP contribution in [0.25, 0.3) is 0 Å². The molecule has 23 nitrogen and oxygen atoms in total. The van der Waals surface area contributed by atoms with Crippen LogP contribution in [0.2, 0.25) is 0 Å². The number of nitrogens with two attached hydrogens (primary N) is 7. The SMILES string of the molecule is NCC[C@H](O)C(=O)N[C@@H]1C[C@@H](N)[C@@H](O[C@@H]2O[C@H](CN)[C@@H](O)[C@H](O)[C@H]2O)[C@H](N)[C@@H]1O[C@@H]1O[C@@H](CNC(=O)[C@H](N)CCCNC(N)=O)[C@H](O)[C@@H](N)[C@@H]1O. The molecule has 0 spiro atoms. The van der Waals surface area contributed by atoms with Crippen LogP contribution in [0.3, 0.4) is 0 Å². The summed E-state index contributed by atoms with van der Waals surface area (Å²) in [4.78, 5) is 36.3. The van der Waals surface area contributed by atoms with E-state index in [1.807, 2.05) is 0 Å². The topological polar surface area (TPSA) is 428 Å². The standard InChI is InChI=1S/C28H56N10O13/c29-4-3-12(39)25(46)38-11-6-10(32)22(50-27-21(44)20(43)18(41)13(7-30)48-27)16(34)23(11)51-26-19(42)15(33)17(40)14(49-26)8-37-24(45)9(31)2-1-5-36-28(35)47/h9-23,26-27,39-44H,1-8,29-34H2,(H,37,45)(H,38,46)(H3,35,36,47)/t9-,10-,11-,12+,13-,14+,15-,16+,17+,18-,19+,20+,21-,22-,23-,26+,27+/m1/s1. The van der Waals surface area contributed by atoms with Gasteiger partial charge in [-0.05, 0) is 32.2 Å². The summed E-state index contributed by atoms with van der Waals surface area (Å²) in [6.07, 6.45) is -17.3. The molecular weight excluding hydrogens is 684 g/mol. The van der Waals surface area contributed by atoms with Gasteiger partial charge < -0.3 is 106 Å². The van der Waals surface area contributed by atoms with Crippen molar-refractivity contribution in [2.45, 2.75) is 130 Å². The van der Waals surface area contributed by atoms with E-state index in [9.17, 15) is 45.0 Å². The third-order valence-corrected chi connectivity index (χ3v) is 9.22. The Labute approximate surface area is 293 Å². The van der Waals surface area contributed by atoms with Gasteiger partial charge in [0.2, 0.25) is 11.8 Å². The molecule has 23 N–H and O–H groups in total. The zero-order valence-electron chi connectivity index (χ0n) is 28.1. The Balaban J connectivity index is 1.78. The Bertz CT molecular complexity index is 1130. The van der Waals surface area contributed by atoms with Crippen molar-refractivity contribution in [3.63, 3.8) is 0 Å². The molecule has 0 radical (unpaired) electrons. The summed E-state index contributed by atoms with van der Waals surface area (Å²) < 4.78 is 23.5. The van der Waals surface area contributed by atoms with Gasteiger partial charge in [-0.1, -0.05) is 0 Å². The lowest BCUT2D eigenvalue weighted by atomic mass is 9.82. The Hall–Kier alpha value is -2.43. The van der Waals surface area contributed by atoms with Crippen LogP contribution in [0, 0.1) is 0 Å². The summed E-state index contributed by atoms with van der Waals surface area (Å²) in [5.41, 5.74) is 41.2. The first-order valence-electron chi connectivity index (χ1n) is 16.8. The molecule has 0 aromatic heterocycles. The van der Waals surface area contributed by atoms with E-state index in [-0.39, 0.29) is 45.4 Å². The van der Waals surface area contributed by atoms with Crippen LogP contribution < -0.4 is 56.1 Å². The number of rotatable bonds is 16. The normalized spacial score (nSPS) is 39.8. The van der Waals surface area contributed by atoms with Crippen LogP contribution in [0.1, 0.15) is 25.7 Å². The maximum absolute atomic E-state index is 12.8. The first-order valence-corrected chi connectivity index (χ1v) is 16.8.